The molecule has 1 fully saturated rings. The van der Waals surface area contributed by atoms with Gasteiger partial charge in [-0.15, -0.1) is 0 Å². The highest BCUT2D eigenvalue weighted by atomic mass is 19.4. The van der Waals surface area contributed by atoms with Gasteiger partial charge in [0.05, 0.1) is 5.56 Å². The van der Waals surface area contributed by atoms with Gasteiger partial charge < -0.3 is 10.3 Å². The predicted molar refractivity (Wildman–Crippen MR) is 97.2 cm³/mol. The van der Waals surface area contributed by atoms with Crippen molar-refractivity contribution < 1.29 is 22.5 Å². The third-order valence-electron chi connectivity index (χ3n) is 4.51. The number of hydrogen-bond acceptors (Lipinski definition) is 8. The summed E-state index contributed by atoms with van der Waals surface area (Å²) in [6.45, 7) is -0.0951. The largest absolute Gasteiger partial charge is 0.451 e. The van der Waals surface area contributed by atoms with Gasteiger partial charge in [0.15, 0.2) is 5.82 Å². The predicted octanol–water partition coefficient (Wildman–Crippen LogP) is 2.52. The number of nitrogens with zero attached hydrogens (tertiary/aromatic N) is 5. The zero-order valence-corrected chi connectivity index (χ0v) is 15.4. The summed E-state index contributed by atoms with van der Waals surface area (Å²) in [6.07, 6.45) is -0.619. The van der Waals surface area contributed by atoms with Crippen LogP contribution in [0.2, 0.25) is 0 Å². The van der Waals surface area contributed by atoms with Crippen LogP contribution in [-0.2, 0) is 12.7 Å². The van der Waals surface area contributed by atoms with Gasteiger partial charge in [0.25, 0.3) is 5.91 Å². The molecule has 0 spiro atoms. The van der Waals surface area contributed by atoms with Gasteiger partial charge in [-0.1, -0.05) is 11.2 Å². The molecule has 3 aromatic rings. The molecule has 12 heteroatoms. The molecule has 1 amide bonds. The Morgan fingerprint density at radius 1 is 1.20 bits per heavy atom. The van der Waals surface area contributed by atoms with E-state index in [4.69, 9.17) is 16.1 Å². The van der Waals surface area contributed by atoms with Crippen LogP contribution >= 0.6 is 0 Å². The number of halogens is 3. The second-order valence-electron chi connectivity index (χ2n) is 6.85. The molecule has 4 rings (SSSR count). The number of hydrazine groups is 1. The summed E-state index contributed by atoms with van der Waals surface area (Å²) in [5.74, 6) is 5.06. The summed E-state index contributed by atoms with van der Waals surface area (Å²) >= 11 is 0. The van der Waals surface area contributed by atoms with Crippen LogP contribution in [0.1, 0.15) is 46.7 Å². The number of anilines is 1. The first kappa shape index (κ1) is 19.8. The lowest BCUT2D eigenvalue weighted by molar-refractivity contribution is -0.144. The monoisotopic (exact) mass is 419 g/mol. The third kappa shape index (κ3) is 4.08. The van der Waals surface area contributed by atoms with E-state index < -0.39 is 17.9 Å². The molecule has 2 heterocycles. The topological polar surface area (TPSA) is 137 Å². The Labute approximate surface area is 167 Å². The second-order valence-corrected chi connectivity index (χ2v) is 6.85. The lowest BCUT2D eigenvalue weighted by atomic mass is 10.0. The Morgan fingerprint density at radius 3 is 2.53 bits per heavy atom. The molecule has 0 atom stereocenters. The minimum atomic E-state index is -4.64. The van der Waals surface area contributed by atoms with Gasteiger partial charge in [-0.05, 0) is 30.5 Å². The second kappa shape index (κ2) is 7.37. The van der Waals surface area contributed by atoms with Crippen LogP contribution in [0.5, 0.6) is 0 Å². The summed E-state index contributed by atoms with van der Waals surface area (Å²) < 4.78 is 43.1. The maximum absolute atomic E-state index is 12.7. The standard InChI is InChI=1S/C18H16F3N7O2/c19-18(20,21)17-24-6-11(7-25-17)10-3-4-13(22)12(5-10)16(29)28(23)8-14-26-15(30-27-14)9-1-2-9/h3-7,9H,1-2,8,22-23H2. The molecule has 1 aromatic carbocycles. The van der Waals surface area contributed by atoms with Crippen molar-refractivity contribution in [2.45, 2.75) is 31.5 Å². The van der Waals surface area contributed by atoms with Crippen molar-refractivity contribution in [2.75, 3.05) is 5.73 Å². The first-order valence-corrected chi connectivity index (χ1v) is 8.90. The van der Waals surface area contributed by atoms with Crippen LogP contribution in [0, 0.1) is 0 Å². The first-order chi connectivity index (χ1) is 14.2. The highest BCUT2D eigenvalue weighted by Crippen LogP contribution is 2.38. The number of alkyl halides is 3. The van der Waals surface area contributed by atoms with Crippen LogP contribution in [0.15, 0.2) is 35.1 Å². The quantitative estimate of drug-likeness (QED) is 0.279. The van der Waals surface area contributed by atoms with Crippen molar-refractivity contribution in [3.8, 4) is 11.1 Å². The number of amides is 1. The van der Waals surface area contributed by atoms with E-state index in [-0.39, 0.29) is 35.1 Å². The molecule has 1 aliphatic carbocycles. The van der Waals surface area contributed by atoms with Crippen molar-refractivity contribution in [1.82, 2.24) is 25.1 Å². The van der Waals surface area contributed by atoms with Crippen molar-refractivity contribution in [1.29, 1.82) is 0 Å². The molecule has 0 saturated heterocycles. The molecule has 9 nitrogen and oxygen atoms in total. The van der Waals surface area contributed by atoms with E-state index in [1.165, 1.54) is 12.1 Å². The molecule has 0 bridgehead atoms. The number of carbonyl (C=O) groups is 1. The van der Waals surface area contributed by atoms with Gasteiger partial charge in [-0.3, -0.25) is 9.80 Å². The Bertz CT molecular complexity index is 1080. The fraction of sp³-hybridized carbons (Fsp3) is 0.278. The van der Waals surface area contributed by atoms with Crippen LogP contribution in [0.4, 0.5) is 18.9 Å². The van der Waals surface area contributed by atoms with Gasteiger partial charge >= 0.3 is 6.18 Å². The van der Waals surface area contributed by atoms with Gasteiger partial charge in [0, 0.05) is 29.6 Å². The van der Waals surface area contributed by atoms with E-state index in [2.05, 4.69) is 20.1 Å². The van der Waals surface area contributed by atoms with Gasteiger partial charge in [0.2, 0.25) is 11.7 Å². The molecular weight excluding hydrogens is 403 g/mol. The van der Waals surface area contributed by atoms with E-state index >= 15 is 0 Å². The number of nitrogens with two attached hydrogens (primary N) is 2. The van der Waals surface area contributed by atoms with E-state index in [0.717, 1.165) is 30.2 Å². The fourth-order valence-electron chi connectivity index (χ4n) is 2.75. The van der Waals surface area contributed by atoms with Gasteiger partial charge in [0.1, 0.15) is 6.54 Å². The molecule has 0 radical (unpaired) electrons. The zero-order valence-electron chi connectivity index (χ0n) is 15.4. The molecule has 4 N–H and O–H groups in total. The number of carbonyl (C=O) groups excluding carboxylic acids is 1. The molecule has 30 heavy (non-hydrogen) atoms. The number of nitrogen functional groups attached to an aromatic ring is 1. The summed E-state index contributed by atoms with van der Waals surface area (Å²) in [6, 6.07) is 4.41. The minimum Gasteiger partial charge on any atom is -0.398 e. The molecule has 1 saturated carbocycles. The van der Waals surface area contributed by atoms with Crippen LogP contribution in [0.25, 0.3) is 11.1 Å². The Kier molecular flexibility index (Phi) is 4.86. The van der Waals surface area contributed by atoms with Crippen LogP contribution in [0.3, 0.4) is 0 Å². The van der Waals surface area contributed by atoms with E-state index in [0.29, 0.717) is 11.5 Å². The maximum atomic E-state index is 12.7. The molecule has 0 unspecified atom stereocenters. The average Bonchev–Trinajstić information content (AvgIpc) is 3.46. The number of aromatic nitrogens is 4. The fourth-order valence-corrected chi connectivity index (χ4v) is 2.75. The highest BCUT2D eigenvalue weighted by Gasteiger charge is 2.34. The van der Waals surface area contributed by atoms with Crippen molar-refractivity contribution in [3.05, 3.63) is 53.7 Å². The summed E-state index contributed by atoms with van der Waals surface area (Å²) in [7, 11) is 0. The van der Waals surface area contributed by atoms with Gasteiger partial charge in [-0.25, -0.2) is 15.8 Å². The van der Waals surface area contributed by atoms with Crippen LogP contribution < -0.4 is 11.6 Å². The van der Waals surface area contributed by atoms with Crippen molar-refractivity contribution in [3.63, 3.8) is 0 Å². The number of rotatable bonds is 5. The summed E-state index contributed by atoms with van der Waals surface area (Å²) in [4.78, 5) is 23.6. The molecule has 1 aliphatic rings. The first-order valence-electron chi connectivity index (χ1n) is 8.90. The lowest BCUT2D eigenvalue weighted by Gasteiger charge is -2.16. The van der Waals surface area contributed by atoms with Crippen molar-refractivity contribution in [2.24, 2.45) is 5.84 Å². The highest BCUT2D eigenvalue weighted by molar-refractivity contribution is 6.00. The van der Waals surface area contributed by atoms with Crippen molar-refractivity contribution >= 4 is 11.6 Å². The van der Waals surface area contributed by atoms with Crippen LogP contribution in [-0.4, -0.2) is 31.0 Å². The molecule has 2 aromatic heterocycles. The molecular formula is C18H16F3N7O2. The SMILES string of the molecule is Nc1ccc(-c2cnc(C(F)(F)F)nc2)cc1C(=O)N(N)Cc1noc(C2CC2)n1. The molecule has 156 valence electrons. The summed E-state index contributed by atoms with van der Waals surface area (Å²) in [5, 5.41) is 4.70. The Balaban J connectivity index is 1.53. The number of benzene rings is 1. The lowest BCUT2D eigenvalue weighted by Crippen LogP contribution is -2.37. The van der Waals surface area contributed by atoms with E-state index in [1.54, 1.807) is 6.07 Å². The minimum absolute atomic E-state index is 0.0702. The summed E-state index contributed by atoms with van der Waals surface area (Å²) in [5.41, 5.74) is 6.81. The smallest absolute Gasteiger partial charge is 0.398 e. The Morgan fingerprint density at radius 2 is 1.90 bits per heavy atom. The zero-order chi connectivity index (χ0) is 21.5. The van der Waals surface area contributed by atoms with E-state index in [1.807, 2.05) is 0 Å². The molecule has 0 aliphatic heterocycles. The van der Waals surface area contributed by atoms with Gasteiger partial charge in [-0.2, -0.15) is 18.2 Å². The van der Waals surface area contributed by atoms with E-state index in [9.17, 15) is 18.0 Å². The average molecular weight is 419 g/mol. The number of hydrogen-bond donors (Lipinski definition) is 2. The third-order valence-corrected chi connectivity index (χ3v) is 4.51. The maximum Gasteiger partial charge on any atom is 0.451 e. The normalized spacial score (nSPS) is 14.0. The Hall–Kier alpha value is -3.54.